The summed E-state index contributed by atoms with van der Waals surface area (Å²) >= 11 is 12.2. The molecule has 0 aliphatic rings. The van der Waals surface area contributed by atoms with Crippen LogP contribution in [0.3, 0.4) is 0 Å². The molecule has 0 bridgehead atoms. The number of carbonyl (C=O) groups is 1. The van der Waals surface area contributed by atoms with Gasteiger partial charge in [-0.15, -0.1) is 11.6 Å². The van der Waals surface area contributed by atoms with E-state index in [2.05, 4.69) is 10.3 Å². The van der Waals surface area contributed by atoms with Crippen molar-refractivity contribution in [3.8, 4) is 0 Å². The highest BCUT2D eigenvalue weighted by atomic mass is 35.5. The zero-order chi connectivity index (χ0) is 15.6. The molecule has 21 heavy (non-hydrogen) atoms. The largest absolute Gasteiger partial charge is 0.354 e. The summed E-state index contributed by atoms with van der Waals surface area (Å²) in [5, 5.41) is 3.23. The molecule has 0 radical (unpaired) electrons. The molecule has 0 aliphatic heterocycles. The van der Waals surface area contributed by atoms with Gasteiger partial charge in [0.2, 0.25) is 5.91 Å². The number of benzene rings is 1. The van der Waals surface area contributed by atoms with Crippen LogP contribution in [-0.4, -0.2) is 22.0 Å². The summed E-state index contributed by atoms with van der Waals surface area (Å²) in [7, 11) is 0. The molecule has 1 N–H and O–H groups in total. The molecule has 2 unspecified atom stereocenters. The molecule has 2 rings (SSSR count). The molecule has 0 fully saturated rings. The molecule has 2 aromatic rings. The lowest BCUT2D eigenvalue weighted by Crippen LogP contribution is -2.32. The number of imidazole rings is 1. The zero-order valence-electron chi connectivity index (χ0n) is 12.4. The molecule has 1 amide bonds. The fourth-order valence-electron chi connectivity index (χ4n) is 2.29. The number of amides is 1. The molecule has 0 spiro atoms. The van der Waals surface area contributed by atoms with Crippen LogP contribution in [0.5, 0.6) is 0 Å². The number of fused-ring (bicyclic) bond motifs is 1. The second kappa shape index (κ2) is 6.67. The average Bonchev–Trinajstić information content (AvgIpc) is 2.82. The van der Waals surface area contributed by atoms with Crippen molar-refractivity contribution >= 4 is 40.1 Å². The molecular weight excluding hydrogens is 309 g/mol. The van der Waals surface area contributed by atoms with Crippen LogP contribution in [-0.2, 0) is 4.79 Å². The van der Waals surface area contributed by atoms with Gasteiger partial charge < -0.3 is 9.88 Å². The van der Waals surface area contributed by atoms with Crippen LogP contribution in [0.4, 0.5) is 0 Å². The lowest BCUT2D eigenvalue weighted by Gasteiger charge is -2.18. The Labute approximate surface area is 134 Å². The van der Waals surface area contributed by atoms with E-state index in [4.69, 9.17) is 23.2 Å². The summed E-state index contributed by atoms with van der Waals surface area (Å²) in [6.07, 6.45) is 0.900. The Bertz CT molecular complexity index is 652. The highest BCUT2D eigenvalue weighted by molar-refractivity contribution is 6.31. The van der Waals surface area contributed by atoms with E-state index in [9.17, 15) is 4.79 Å². The smallest absolute Gasteiger partial charge is 0.242 e. The van der Waals surface area contributed by atoms with E-state index >= 15 is 0 Å². The third-order valence-corrected chi connectivity index (χ3v) is 3.78. The first kappa shape index (κ1) is 16.1. The SMILES string of the molecule is CCCNC(=O)C(C)n1c(C(C)Cl)nc2cc(Cl)ccc21. The van der Waals surface area contributed by atoms with E-state index in [1.165, 1.54) is 0 Å². The molecule has 1 heterocycles. The van der Waals surface area contributed by atoms with Crippen molar-refractivity contribution < 1.29 is 4.79 Å². The maximum Gasteiger partial charge on any atom is 0.242 e. The number of rotatable bonds is 5. The first-order valence-corrected chi connectivity index (χ1v) is 7.86. The standard InChI is InChI=1S/C15H19Cl2N3O/c1-4-7-18-15(21)10(3)20-13-6-5-11(17)8-12(13)19-14(20)9(2)16/h5-6,8-10H,4,7H2,1-3H3,(H,18,21). The number of hydrogen-bond acceptors (Lipinski definition) is 2. The molecule has 6 heteroatoms. The maximum atomic E-state index is 12.3. The number of alkyl halides is 1. The van der Waals surface area contributed by atoms with Gasteiger partial charge in [-0.05, 0) is 38.5 Å². The quantitative estimate of drug-likeness (QED) is 0.841. The van der Waals surface area contributed by atoms with Crippen LogP contribution in [0.25, 0.3) is 11.0 Å². The van der Waals surface area contributed by atoms with E-state index in [1.807, 2.05) is 31.4 Å². The highest BCUT2D eigenvalue weighted by Gasteiger charge is 2.23. The van der Waals surface area contributed by atoms with Gasteiger partial charge in [0, 0.05) is 11.6 Å². The summed E-state index contributed by atoms with van der Waals surface area (Å²) < 4.78 is 1.88. The maximum absolute atomic E-state index is 12.3. The Balaban J connectivity index is 2.49. The first-order chi connectivity index (χ1) is 9.95. The van der Waals surface area contributed by atoms with Gasteiger partial charge in [0.25, 0.3) is 0 Å². The highest BCUT2D eigenvalue weighted by Crippen LogP contribution is 2.29. The van der Waals surface area contributed by atoms with Crippen molar-refractivity contribution in [3.63, 3.8) is 0 Å². The molecule has 0 saturated carbocycles. The van der Waals surface area contributed by atoms with Gasteiger partial charge in [-0.3, -0.25) is 4.79 Å². The topological polar surface area (TPSA) is 46.9 Å². The van der Waals surface area contributed by atoms with Crippen LogP contribution in [0.1, 0.15) is 44.4 Å². The minimum Gasteiger partial charge on any atom is -0.354 e. The Morgan fingerprint density at radius 2 is 2.14 bits per heavy atom. The first-order valence-electron chi connectivity index (χ1n) is 7.04. The molecule has 0 aliphatic carbocycles. The normalized spacial score (nSPS) is 14.1. The molecule has 2 atom stereocenters. The van der Waals surface area contributed by atoms with Gasteiger partial charge in [0.1, 0.15) is 11.9 Å². The summed E-state index contributed by atoms with van der Waals surface area (Å²) in [6.45, 7) is 6.38. The van der Waals surface area contributed by atoms with Crippen LogP contribution in [0.15, 0.2) is 18.2 Å². The third kappa shape index (κ3) is 3.33. The number of nitrogens with zero attached hydrogens (tertiary/aromatic N) is 2. The van der Waals surface area contributed by atoms with Crippen molar-refractivity contribution in [1.82, 2.24) is 14.9 Å². The van der Waals surface area contributed by atoms with Crippen LogP contribution in [0, 0.1) is 0 Å². The predicted molar refractivity (Wildman–Crippen MR) is 87.0 cm³/mol. The molecule has 0 saturated heterocycles. The zero-order valence-corrected chi connectivity index (χ0v) is 13.9. The second-order valence-electron chi connectivity index (χ2n) is 5.06. The van der Waals surface area contributed by atoms with E-state index in [0.717, 1.165) is 17.5 Å². The minimum atomic E-state index is -0.376. The Morgan fingerprint density at radius 1 is 1.43 bits per heavy atom. The van der Waals surface area contributed by atoms with Gasteiger partial charge in [0.05, 0.1) is 16.4 Å². The Morgan fingerprint density at radius 3 is 2.76 bits per heavy atom. The number of halogens is 2. The van der Waals surface area contributed by atoms with Crippen LogP contribution in [0.2, 0.25) is 5.02 Å². The molecule has 114 valence electrons. The number of hydrogen-bond donors (Lipinski definition) is 1. The molecule has 1 aromatic heterocycles. The van der Waals surface area contributed by atoms with Crippen LogP contribution >= 0.6 is 23.2 Å². The minimum absolute atomic E-state index is 0.0373. The van der Waals surface area contributed by atoms with Crippen molar-refractivity contribution in [1.29, 1.82) is 0 Å². The Hall–Kier alpha value is -1.26. The summed E-state index contributed by atoms with van der Waals surface area (Å²) in [5.74, 6) is 0.637. The van der Waals surface area contributed by atoms with Crippen molar-refractivity contribution in [2.45, 2.75) is 38.6 Å². The van der Waals surface area contributed by atoms with Crippen molar-refractivity contribution in [2.75, 3.05) is 6.54 Å². The fourth-order valence-corrected chi connectivity index (χ4v) is 2.61. The van der Waals surface area contributed by atoms with E-state index in [0.29, 0.717) is 17.4 Å². The number of nitrogens with one attached hydrogen (secondary N) is 1. The lowest BCUT2D eigenvalue weighted by molar-refractivity contribution is -0.123. The lowest BCUT2D eigenvalue weighted by atomic mass is 10.2. The van der Waals surface area contributed by atoms with Crippen molar-refractivity contribution in [2.24, 2.45) is 0 Å². The monoisotopic (exact) mass is 327 g/mol. The van der Waals surface area contributed by atoms with E-state index in [1.54, 1.807) is 12.1 Å². The third-order valence-electron chi connectivity index (χ3n) is 3.35. The number of carbonyl (C=O) groups excluding carboxylic acids is 1. The fraction of sp³-hybridized carbons (Fsp3) is 0.467. The second-order valence-corrected chi connectivity index (χ2v) is 6.15. The van der Waals surface area contributed by atoms with Gasteiger partial charge in [0.15, 0.2) is 0 Å². The summed E-state index contributed by atoms with van der Waals surface area (Å²) in [5.41, 5.74) is 1.61. The van der Waals surface area contributed by atoms with Gasteiger partial charge in [-0.25, -0.2) is 4.98 Å². The van der Waals surface area contributed by atoms with Crippen LogP contribution < -0.4 is 5.32 Å². The van der Waals surface area contributed by atoms with Crippen molar-refractivity contribution in [3.05, 3.63) is 29.0 Å². The van der Waals surface area contributed by atoms with Gasteiger partial charge in [-0.2, -0.15) is 0 Å². The van der Waals surface area contributed by atoms with E-state index < -0.39 is 0 Å². The van der Waals surface area contributed by atoms with Gasteiger partial charge in [-0.1, -0.05) is 18.5 Å². The molecule has 1 aromatic carbocycles. The molecular formula is C15H19Cl2N3O. The summed E-state index contributed by atoms with van der Waals surface area (Å²) in [4.78, 5) is 16.8. The average molecular weight is 328 g/mol. The molecule has 4 nitrogen and oxygen atoms in total. The number of aromatic nitrogens is 2. The summed E-state index contributed by atoms with van der Waals surface area (Å²) in [6, 6.07) is 5.07. The Kier molecular flexibility index (Phi) is 5.12. The van der Waals surface area contributed by atoms with Gasteiger partial charge >= 0.3 is 0 Å². The van der Waals surface area contributed by atoms with E-state index in [-0.39, 0.29) is 17.3 Å². The predicted octanol–water partition coefficient (Wildman–Crippen LogP) is 4.08.